The number of carbonyl (C=O) groups excluding carboxylic acids is 3. The van der Waals surface area contributed by atoms with E-state index in [1.165, 1.54) is 0 Å². The molecule has 0 unspecified atom stereocenters. The predicted molar refractivity (Wildman–Crippen MR) is 197 cm³/mol. The van der Waals surface area contributed by atoms with E-state index in [0.717, 1.165) is 22.9 Å². The van der Waals surface area contributed by atoms with Crippen LogP contribution in [0.5, 0.6) is 0 Å². The Labute approximate surface area is 303 Å². The average Bonchev–Trinajstić information content (AvgIpc) is 3.46. The van der Waals surface area contributed by atoms with Crippen LogP contribution in [0.2, 0.25) is 0 Å². The van der Waals surface area contributed by atoms with Gasteiger partial charge in [-0.2, -0.15) is 0 Å². The average molecular weight is 736 g/mol. The largest absolute Gasteiger partial charge is 0.481 e. The molecule has 280 valence electrons. The minimum atomic E-state index is -4.33. The second kappa shape index (κ2) is 17.0. The molecule has 3 aromatic rings. The summed E-state index contributed by atoms with van der Waals surface area (Å²) in [4.78, 5) is 71.9. The number of hydrogen-bond donors (Lipinski definition) is 7. The first-order valence-electron chi connectivity index (χ1n) is 17.9. The number of fused-ring (bicyclic) bond motifs is 1. The van der Waals surface area contributed by atoms with Gasteiger partial charge >= 0.3 is 13.6 Å². The van der Waals surface area contributed by atoms with Crippen LogP contribution >= 0.6 is 7.60 Å². The fourth-order valence-corrected chi connectivity index (χ4v) is 8.31. The van der Waals surface area contributed by atoms with Crippen molar-refractivity contribution in [2.45, 2.75) is 88.5 Å². The molecule has 14 heteroatoms. The summed E-state index contributed by atoms with van der Waals surface area (Å²) >= 11 is 0. The molecular formula is C38H50N5O8P. The molecule has 1 fully saturated rings. The van der Waals surface area contributed by atoms with E-state index in [9.17, 15) is 38.6 Å². The molecule has 4 atom stereocenters. The molecule has 8 N–H and O–H groups in total. The normalized spacial score (nSPS) is 24.0. The van der Waals surface area contributed by atoms with Crippen molar-refractivity contribution in [1.82, 2.24) is 20.5 Å². The summed E-state index contributed by atoms with van der Waals surface area (Å²) in [5.41, 5.74) is 7.53. The van der Waals surface area contributed by atoms with Gasteiger partial charge in [-0.25, -0.2) is 0 Å². The minimum Gasteiger partial charge on any atom is -0.481 e. The van der Waals surface area contributed by atoms with Crippen molar-refractivity contribution in [2.24, 2.45) is 17.6 Å². The molecule has 0 bridgehead atoms. The van der Waals surface area contributed by atoms with Crippen LogP contribution in [0, 0.1) is 18.8 Å². The molecule has 1 aromatic heterocycles. The van der Waals surface area contributed by atoms with E-state index in [4.69, 9.17) is 5.73 Å². The molecule has 2 aliphatic rings. The van der Waals surface area contributed by atoms with Crippen LogP contribution in [0.25, 0.3) is 10.9 Å². The fourth-order valence-electron chi connectivity index (χ4n) is 7.62. The van der Waals surface area contributed by atoms with Gasteiger partial charge in [0.05, 0.1) is 24.5 Å². The number of nitrogens with one attached hydrogen (secondary N) is 3. The van der Waals surface area contributed by atoms with E-state index < -0.39 is 67.3 Å². The number of nitrogens with two attached hydrogens (primary N) is 1. The zero-order chi connectivity index (χ0) is 37.5. The highest BCUT2D eigenvalue weighted by molar-refractivity contribution is 7.50. The molecule has 52 heavy (non-hydrogen) atoms. The highest BCUT2D eigenvalue weighted by atomic mass is 31.2. The Morgan fingerprint density at radius 2 is 1.73 bits per heavy atom. The summed E-state index contributed by atoms with van der Waals surface area (Å²) in [6.07, 6.45) is 8.24. The Morgan fingerprint density at radius 1 is 1.00 bits per heavy atom. The Bertz CT molecular complexity index is 1830. The lowest BCUT2D eigenvalue weighted by Gasteiger charge is -2.39. The van der Waals surface area contributed by atoms with E-state index in [2.05, 4.69) is 44.8 Å². The number of primary amides is 1. The number of carbonyl (C=O) groups is 4. The lowest BCUT2D eigenvalue weighted by molar-refractivity contribution is -0.143. The summed E-state index contributed by atoms with van der Waals surface area (Å²) in [6.45, 7) is 3.46. The lowest BCUT2D eigenvalue weighted by atomic mass is 9.78. The van der Waals surface area contributed by atoms with Crippen LogP contribution in [0.1, 0.15) is 74.0 Å². The zero-order valence-corrected chi connectivity index (χ0v) is 30.4. The number of hydrogen-bond acceptors (Lipinski definition) is 6. The number of rotatable bonds is 9. The molecule has 1 saturated carbocycles. The van der Waals surface area contributed by atoms with E-state index in [1.54, 1.807) is 24.3 Å². The topological polar surface area (TPSA) is 213 Å². The summed E-state index contributed by atoms with van der Waals surface area (Å²) in [5.74, 6) is -4.62. The van der Waals surface area contributed by atoms with Crippen LogP contribution in [-0.4, -0.2) is 67.8 Å². The maximum atomic E-state index is 14.3. The smallest absolute Gasteiger partial charge is 0.329 e. The molecular weight excluding hydrogens is 685 g/mol. The van der Waals surface area contributed by atoms with E-state index in [1.807, 2.05) is 25.3 Å². The molecule has 1 aliphatic carbocycles. The first-order chi connectivity index (χ1) is 24.7. The number of aliphatic carboxylic acids is 1. The maximum Gasteiger partial charge on any atom is 0.329 e. The standard InChI is InChI=1S/C38H50N5O8P/c1-25-8-13-33-29(18-25)14-17-43(33)23-27-6-5-7-31(28-11-9-26(10-12-28)24-52(49,50)51)32(20-35(45)46)36(47)42-38(15-3-2-4-16-38)37(48)41-30(19-34(39)44)22-40-21-27/h5,7-14,17-18,27,30-32,40H,2-4,6,15-16,19-24H2,1H3,(H2,39,44)(H,41,48)(H,42,47)(H,45,46)(H2,49,50,51)/b7-5+/t27-,30+,31-,32+/m1/s1. The Morgan fingerprint density at radius 3 is 2.40 bits per heavy atom. The van der Waals surface area contributed by atoms with E-state index >= 15 is 0 Å². The van der Waals surface area contributed by atoms with Gasteiger partial charge in [-0.3, -0.25) is 23.7 Å². The van der Waals surface area contributed by atoms with Gasteiger partial charge < -0.3 is 41.1 Å². The van der Waals surface area contributed by atoms with Crippen LogP contribution in [-0.2, 0) is 36.4 Å². The number of aromatic nitrogens is 1. The van der Waals surface area contributed by atoms with Crippen molar-refractivity contribution in [3.8, 4) is 0 Å². The molecule has 1 spiro atoms. The second-order valence-electron chi connectivity index (χ2n) is 14.5. The van der Waals surface area contributed by atoms with Crippen molar-refractivity contribution >= 4 is 42.2 Å². The lowest BCUT2D eigenvalue weighted by Crippen LogP contribution is -2.63. The summed E-state index contributed by atoms with van der Waals surface area (Å²) in [5, 5.41) is 20.6. The Hall–Kier alpha value is -4.29. The van der Waals surface area contributed by atoms with Crippen molar-refractivity contribution < 1.29 is 38.6 Å². The van der Waals surface area contributed by atoms with Gasteiger partial charge in [-0.1, -0.05) is 67.3 Å². The molecule has 0 saturated heterocycles. The van der Waals surface area contributed by atoms with Gasteiger partial charge in [0.2, 0.25) is 17.7 Å². The predicted octanol–water partition coefficient (Wildman–Crippen LogP) is 3.85. The molecule has 2 heterocycles. The van der Waals surface area contributed by atoms with E-state index in [0.29, 0.717) is 56.3 Å². The number of allylic oxidation sites excluding steroid dienone is 2. The van der Waals surface area contributed by atoms with Gasteiger partial charge in [-0.15, -0.1) is 0 Å². The first kappa shape index (κ1) is 38.9. The van der Waals surface area contributed by atoms with Gasteiger partial charge in [0.1, 0.15) is 5.54 Å². The third kappa shape index (κ3) is 10.4. The van der Waals surface area contributed by atoms with Crippen molar-refractivity contribution in [3.63, 3.8) is 0 Å². The highest BCUT2D eigenvalue weighted by Gasteiger charge is 2.44. The van der Waals surface area contributed by atoms with Crippen LogP contribution in [0.15, 0.2) is 66.9 Å². The number of amides is 3. The van der Waals surface area contributed by atoms with E-state index in [-0.39, 0.29) is 18.9 Å². The highest BCUT2D eigenvalue weighted by Crippen LogP contribution is 2.40. The summed E-state index contributed by atoms with van der Waals surface area (Å²) in [6, 6.07) is 14.2. The van der Waals surface area contributed by atoms with Crippen molar-refractivity contribution in [2.75, 3.05) is 13.1 Å². The van der Waals surface area contributed by atoms with Gasteiger partial charge in [0, 0.05) is 43.7 Å². The third-order valence-electron chi connectivity index (χ3n) is 10.2. The number of carboxylic acid groups (broad SMARTS) is 1. The van der Waals surface area contributed by atoms with Gasteiger partial charge in [0.25, 0.3) is 0 Å². The van der Waals surface area contributed by atoms with Gasteiger partial charge in [0.15, 0.2) is 0 Å². The number of benzene rings is 2. The molecule has 13 nitrogen and oxygen atoms in total. The third-order valence-corrected chi connectivity index (χ3v) is 11.0. The van der Waals surface area contributed by atoms with Crippen LogP contribution < -0.4 is 21.7 Å². The number of carboxylic acids is 1. The second-order valence-corrected chi connectivity index (χ2v) is 16.1. The van der Waals surface area contributed by atoms with Crippen molar-refractivity contribution in [1.29, 1.82) is 0 Å². The quantitative estimate of drug-likeness (QED) is 0.125. The Balaban J connectivity index is 1.55. The molecule has 1 aliphatic heterocycles. The number of nitrogens with zero attached hydrogens (tertiary/aromatic N) is 1. The number of aryl methyl sites for hydroxylation is 1. The first-order valence-corrected chi connectivity index (χ1v) is 19.7. The monoisotopic (exact) mass is 735 g/mol. The fraction of sp³-hybridized carbons (Fsp3) is 0.474. The molecule has 2 aromatic carbocycles. The maximum absolute atomic E-state index is 14.3. The SMILES string of the molecule is Cc1ccc2c(ccn2C[C@@H]2C/C=C/[C@H](c3ccc(CP(=O)(O)O)cc3)[C@H](CC(=O)O)C(=O)NC3(CCCCC3)C(=O)N[C@@H](CC(N)=O)CNC2)c1. The van der Waals surface area contributed by atoms with Crippen LogP contribution in [0.3, 0.4) is 0 Å². The minimum absolute atomic E-state index is 0.00549. The van der Waals surface area contributed by atoms with Crippen LogP contribution in [0.4, 0.5) is 0 Å². The summed E-state index contributed by atoms with van der Waals surface area (Å²) in [7, 11) is -4.33. The molecule has 3 amide bonds. The van der Waals surface area contributed by atoms with Gasteiger partial charge in [-0.05, 0) is 66.8 Å². The summed E-state index contributed by atoms with van der Waals surface area (Å²) < 4.78 is 13.9. The van der Waals surface area contributed by atoms with Crippen molar-refractivity contribution in [3.05, 3.63) is 83.6 Å². The zero-order valence-electron chi connectivity index (χ0n) is 29.5. The Kier molecular flexibility index (Phi) is 12.7. The molecule has 0 radical (unpaired) electrons. The molecule has 5 rings (SSSR count).